The van der Waals surface area contributed by atoms with E-state index >= 15 is 0 Å². The maximum absolute atomic E-state index is 12.3. The lowest BCUT2D eigenvalue weighted by Gasteiger charge is -2.08. The third kappa shape index (κ3) is 4.05. The van der Waals surface area contributed by atoms with Crippen LogP contribution in [0.5, 0.6) is 0 Å². The van der Waals surface area contributed by atoms with Gasteiger partial charge in [-0.3, -0.25) is 4.79 Å². The number of aryl methyl sites for hydroxylation is 2. The highest BCUT2D eigenvalue weighted by molar-refractivity contribution is 9.10. The van der Waals surface area contributed by atoms with Gasteiger partial charge in [0.15, 0.2) is 6.61 Å². The fourth-order valence-corrected chi connectivity index (χ4v) is 4.90. The summed E-state index contributed by atoms with van der Waals surface area (Å²) in [5.74, 6) is -0.929. The lowest BCUT2D eigenvalue weighted by Crippen LogP contribution is -2.20. The number of halogens is 1. The summed E-state index contributed by atoms with van der Waals surface area (Å²) in [6.07, 6.45) is 5.52. The smallest absolute Gasteiger partial charge is 0.348 e. The lowest BCUT2D eigenvalue weighted by atomic mass is 10.1. The molecule has 2 heterocycles. The molecule has 0 atom stereocenters. The van der Waals surface area contributed by atoms with E-state index in [-0.39, 0.29) is 12.3 Å². The van der Waals surface area contributed by atoms with Gasteiger partial charge in [0.25, 0.3) is 5.91 Å². The zero-order chi connectivity index (χ0) is 19.7. The number of fused-ring (bicyclic) bond motifs is 2. The minimum absolute atomic E-state index is 0.325. The number of hydrogen-bond donors (Lipinski definition) is 3. The second kappa shape index (κ2) is 7.92. The van der Waals surface area contributed by atoms with Crippen LogP contribution in [-0.2, 0) is 22.4 Å². The van der Waals surface area contributed by atoms with Crippen LogP contribution in [-0.4, -0.2) is 28.5 Å². The van der Waals surface area contributed by atoms with Crippen LogP contribution in [0.2, 0.25) is 0 Å². The number of thiophene rings is 1. The van der Waals surface area contributed by atoms with Crippen molar-refractivity contribution in [2.45, 2.75) is 32.1 Å². The number of esters is 1. The van der Waals surface area contributed by atoms with Gasteiger partial charge in [0.05, 0.1) is 16.7 Å². The number of anilines is 1. The first-order chi connectivity index (χ1) is 13.5. The van der Waals surface area contributed by atoms with E-state index in [1.54, 1.807) is 12.1 Å². The number of imidazole rings is 1. The van der Waals surface area contributed by atoms with Crippen molar-refractivity contribution in [2.24, 2.45) is 0 Å². The van der Waals surface area contributed by atoms with Gasteiger partial charge in [0, 0.05) is 9.35 Å². The standard InChI is InChI=1S/C19H18BrN3O4S/c20-11-7-13-14(23-19(26)22-13)8-12(11)21-17(24)9-27-18(25)16-6-10-4-2-1-3-5-15(10)28-16/h6-8H,1-5,9H2,(H,21,24)(H2,22,23,26). The van der Waals surface area contributed by atoms with Crippen LogP contribution < -0.4 is 11.0 Å². The number of rotatable bonds is 4. The van der Waals surface area contributed by atoms with Gasteiger partial charge in [-0.25, -0.2) is 9.59 Å². The van der Waals surface area contributed by atoms with Gasteiger partial charge in [0.1, 0.15) is 4.88 Å². The first-order valence-electron chi connectivity index (χ1n) is 9.00. The lowest BCUT2D eigenvalue weighted by molar-refractivity contribution is -0.119. The van der Waals surface area contributed by atoms with Crippen LogP contribution in [0.25, 0.3) is 11.0 Å². The van der Waals surface area contributed by atoms with Gasteiger partial charge in [-0.2, -0.15) is 0 Å². The molecule has 1 aliphatic carbocycles. The number of nitrogens with one attached hydrogen (secondary N) is 3. The molecule has 3 aromatic rings. The predicted molar refractivity (Wildman–Crippen MR) is 111 cm³/mol. The van der Waals surface area contributed by atoms with E-state index in [1.807, 2.05) is 6.07 Å². The fourth-order valence-electron chi connectivity index (χ4n) is 3.31. The summed E-state index contributed by atoms with van der Waals surface area (Å²) in [5, 5.41) is 2.68. The molecular weight excluding hydrogens is 446 g/mol. The SMILES string of the molecule is O=C(COC(=O)c1cc2c(s1)CCCCC2)Nc1cc2[nH]c(=O)[nH]c2cc1Br. The predicted octanol–water partition coefficient (Wildman–Crippen LogP) is 3.74. The van der Waals surface area contributed by atoms with E-state index in [4.69, 9.17) is 4.74 Å². The molecule has 9 heteroatoms. The molecule has 2 aromatic heterocycles. The van der Waals surface area contributed by atoms with Crippen molar-refractivity contribution in [3.05, 3.63) is 48.5 Å². The van der Waals surface area contributed by atoms with E-state index in [0.717, 1.165) is 25.7 Å². The van der Waals surface area contributed by atoms with Crippen LogP contribution in [0.3, 0.4) is 0 Å². The van der Waals surface area contributed by atoms with Crippen molar-refractivity contribution < 1.29 is 14.3 Å². The Morgan fingerprint density at radius 1 is 1.11 bits per heavy atom. The Labute approximate surface area is 172 Å². The molecule has 1 aromatic carbocycles. The Balaban J connectivity index is 1.38. The number of aromatic amines is 2. The summed E-state index contributed by atoms with van der Waals surface area (Å²) in [4.78, 5) is 42.9. The second-order valence-electron chi connectivity index (χ2n) is 6.70. The molecule has 0 bridgehead atoms. The average molecular weight is 464 g/mol. The quantitative estimate of drug-likeness (QED) is 0.404. The molecule has 1 aliphatic rings. The van der Waals surface area contributed by atoms with E-state index < -0.39 is 11.9 Å². The first-order valence-corrected chi connectivity index (χ1v) is 10.6. The number of H-pyrrole nitrogens is 2. The zero-order valence-corrected chi connectivity index (χ0v) is 17.3. The number of carbonyl (C=O) groups is 2. The highest BCUT2D eigenvalue weighted by Crippen LogP contribution is 2.29. The van der Waals surface area contributed by atoms with E-state index in [0.29, 0.717) is 26.1 Å². The summed E-state index contributed by atoms with van der Waals surface area (Å²) in [6, 6.07) is 5.22. The van der Waals surface area contributed by atoms with Gasteiger partial charge in [-0.1, -0.05) is 6.42 Å². The average Bonchev–Trinajstić information content (AvgIpc) is 3.15. The van der Waals surface area contributed by atoms with Crippen LogP contribution in [0.15, 0.2) is 27.5 Å². The Bertz CT molecular complexity index is 1090. The van der Waals surface area contributed by atoms with Crippen molar-refractivity contribution in [1.82, 2.24) is 9.97 Å². The van der Waals surface area contributed by atoms with Crippen molar-refractivity contribution in [3.8, 4) is 0 Å². The molecule has 3 N–H and O–H groups in total. The summed E-state index contributed by atoms with van der Waals surface area (Å²) < 4.78 is 5.79. The third-order valence-electron chi connectivity index (χ3n) is 4.66. The molecule has 1 amide bonds. The Morgan fingerprint density at radius 2 is 1.86 bits per heavy atom. The number of ether oxygens (including phenoxy) is 1. The summed E-state index contributed by atoms with van der Waals surface area (Å²) in [6.45, 7) is -0.379. The second-order valence-corrected chi connectivity index (χ2v) is 8.69. The number of hydrogen-bond acceptors (Lipinski definition) is 5. The van der Waals surface area contributed by atoms with Crippen molar-refractivity contribution >= 4 is 55.9 Å². The number of amides is 1. The molecule has 0 unspecified atom stereocenters. The number of aromatic nitrogens is 2. The molecule has 0 aliphatic heterocycles. The number of benzene rings is 1. The monoisotopic (exact) mass is 463 g/mol. The van der Waals surface area contributed by atoms with E-state index in [9.17, 15) is 14.4 Å². The van der Waals surface area contributed by atoms with Crippen molar-refractivity contribution in [3.63, 3.8) is 0 Å². The van der Waals surface area contributed by atoms with Crippen LogP contribution in [0.1, 0.15) is 39.4 Å². The molecule has 0 radical (unpaired) electrons. The minimum Gasteiger partial charge on any atom is -0.451 e. The highest BCUT2D eigenvalue weighted by Gasteiger charge is 2.18. The first kappa shape index (κ1) is 18.9. The van der Waals surface area contributed by atoms with Crippen LogP contribution >= 0.6 is 27.3 Å². The Hall–Kier alpha value is -2.39. The maximum Gasteiger partial charge on any atom is 0.348 e. The van der Waals surface area contributed by atoms with Crippen LogP contribution in [0.4, 0.5) is 5.69 Å². The maximum atomic E-state index is 12.3. The molecule has 0 fully saturated rings. The minimum atomic E-state index is -0.474. The van der Waals surface area contributed by atoms with Crippen molar-refractivity contribution in [1.29, 1.82) is 0 Å². The molecule has 0 saturated carbocycles. The van der Waals surface area contributed by atoms with Gasteiger partial charge >= 0.3 is 11.7 Å². The summed E-state index contributed by atoms with van der Waals surface area (Å²) in [7, 11) is 0. The molecule has 0 spiro atoms. The highest BCUT2D eigenvalue weighted by atomic mass is 79.9. The number of carbonyl (C=O) groups excluding carboxylic acids is 2. The van der Waals surface area contributed by atoms with E-state index in [1.165, 1.54) is 28.2 Å². The van der Waals surface area contributed by atoms with Crippen LogP contribution in [0, 0.1) is 0 Å². The van der Waals surface area contributed by atoms with Gasteiger partial charge in [-0.05, 0) is 65.4 Å². The molecular formula is C19H18BrN3O4S. The van der Waals surface area contributed by atoms with Gasteiger partial charge in [0.2, 0.25) is 0 Å². The molecule has 7 nitrogen and oxygen atoms in total. The molecule has 0 saturated heterocycles. The van der Waals surface area contributed by atoms with E-state index in [2.05, 4.69) is 31.2 Å². The van der Waals surface area contributed by atoms with Gasteiger partial charge in [-0.15, -0.1) is 11.3 Å². The normalized spacial score (nSPS) is 13.8. The Kier molecular flexibility index (Phi) is 5.36. The topological polar surface area (TPSA) is 104 Å². The summed E-state index contributed by atoms with van der Waals surface area (Å²) >= 11 is 4.82. The zero-order valence-electron chi connectivity index (χ0n) is 14.9. The third-order valence-corrected chi connectivity index (χ3v) is 6.53. The molecule has 28 heavy (non-hydrogen) atoms. The molecule has 146 valence electrons. The largest absolute Gasteiger partial charge is 0.451 e. The summed E-state index contributed by atoms with van der Waals surface area (Å²) in [5.41, 5.74) is 2.58. The molecule has 4 rings (SSSR count). The van der Waals surface area contributed by atoms with Gasteiger partial charge < -0.3 is 20.0 Å². The fraction of sp³-hybridized carbons (Fsp3) is 0.316. The Morgan fingerprint density at radius 3 is 2.68 bits per heavy atom. The van der Waals surface area contributed by atoms with Crippen molar-refractivity contribution in [2.75, 3.05) is 11.9 Å².